The number of rotatable bonds is 4. The van der Waals surface area contributed by atoms with Gasteiger partial charge in [-0.2, -0.15) is 0 Å². The van der Waals surface area contributed by atoms with Gasteiger partial charge in [-0.05, 0) is 29.0 Å². The summed E-state index contributed by atoms with van der Waals surface area (Å²) in [4.78, 5) is 8.50. The Hall–Kier alpha value is -1.78. The molecule has 0 aliphatic heterocycles. The number of nitrogens with zero attached hydrogens (tertiary/aromatic N) is 2. The van der Waals surface area contributed by atoms with Crippen LogP contribution in [-0.4, -0.2) is 9.97 Å². The van der Waals surface area contributed by atoms with Gasteiger partial charge in [-0.1, -0.05) is 45.0 Å². The predicted molar refractivity (Wildman–Crippen MR) is 80.9 cm³/mol. The molecule has 0 aliphatic rings. The van der Waals surface area contributed by atoms with Crippen LogP contribution in [0.2, 0.25) is 0 Å². The molecule has 0 saturated carbocycles. The lowest BCUT2D eigenvalue weighted by molar-refractivity contribution is 0.522. The lowest BCUT2D eigenvalue weighted by atomic mass is 9.86. The molecule has 1 aromatic carbocycles. The van der Waals surface area contributed by atoms with E-state index in [1.807, 2.05) is 0 Å². The smallest absolute Gasteiger partial charge is 0.146 e. The molecule has 0 spiro atoms. The van der Waals surface area contributed by atoms with Gasteiger partial charge in [-0.3, -0.25) is 5.84 Å². The highest BCUT2D eigenvalue weighted by Gasteiger charge is 2.15. The van der Waals surface area contributed by atoms with E-state index in [0.29, 0.717) is 0 Å². The summed E-state index contributed by atoms with van der Waals surface area (Å²) in [5.74, 6) is 6.34. The third-order valence-electron chi connectivity index (χ3n) is 3.36. The third kappa shape index (κ3) is 3.62. The Kier molecular flexibility index (Phi) is 4.47. The van der Waals surface area contributed by atoms with Crippen LogP contribution in [0.25, 0.3) is 0 Å². The third-order valence-corrected chi connectivity index (χ3v) is 3.36. The van der Waals surface area contributed by atoms with Crippen molar-refractivity contribution in [3.63, 3.8) is 0 Å². The maximum atomic E-state index is 5.62. The highest BCUT2D eigenvalue weighted by Crippen LogP contribution is 2.23. The molecule has 3 N–H and O–H groups in total. The van der Waals surface area contributed by atoms with E-state index in [1.165, 1.54) is 11.1 Å². The fourth-order valence-electron chi connectivity index (χ4n) is 2.09. The Morgan fingerprint density at radius 2 is 1.70 bits per heavy atom. The van der Waals surface area contributed by atoms with Crippen LogP contribution in [0.1, 0.15) is 43.8 Å². The van der Waals surface area contributed by atoms with Crippen LogP contribution in [0.3, 0.4) is 0 Å². The first-order valence-corrected chi connectivity index (χ1v) is 6.83. The molecule has 1 aromatic heterocycles. The Morgan fingerprint density at radius 3 is 2.20 bits per heavy atom. The molecule has 0 radical (unpaired) electrons. The van der Waals surface area contributed by atoms with Gasteiger partial charge in [0.15, 0.2) is 0 Å². The van der Waals surface area contributed by atoms with Crippen molar-refractivity contribution in [2.24, 2.45) is 5.84 Å². The molecule has 2 aromatic rings. The molecule has 0 saturated heterocycles. The minimum Gasteiger partial charge on any atom is -0.271 e. The molecule has 0 amide bonds. The maximum Gasteiger partial charge on any atom is 0.146 e. The monoisotopic (exact) mass is 270 g/mol. The van der Waals surface area contributed by atoms with Gasteiger partial charge in [-0.15, -0.1) is 0 Å². The first kappa shape index (κ1) is 14.6. The largest absolute Gasteiger partial charge is 0.271 e. The summed E-state index contributed by atoms with van der Waals surface area (Å²) in [6.07, 6.45) is 4.23. The van der Waals surface area contributed by atoms with Crippen molar-refractivity contribution in [1.82, 2.24) is 15.4 Å². The molecule has 20 heavy (non-hydrogen) atoms. The van der Waals surface area contributed by atoms with Crippen molar-refractivity contribution in [3.8, 4) is 0 Å². The van der Waals surface area contributed by atoms with Crippen LogP contribution in [0.5, 0.6) is 0 Å². The van der Waals surface area contributed by atoms with E-state index >= 15 is 0 Å². The predicted octanol–water partition coefficient (Wildman–Crippen LogP) is 2.52. The summed E-state index contributed by atoms with van der Waals surface area (Å²) in [6.45, 7) is 6.64. The summed E-state index contributed by atoms with van der Waals surface area (Å²) >= 11 is 0. The highest BCUT2D eigenvalue weighted by molar-refractivity contribution is 5.28. The van der Waals surface area contributed by atoms with Gasteiger partial charge in [0, 0.05) is 12.4 Å². The zero-order chi connectivity index (χ0) is 14.6. The number of nitrogens with one attached hydrogen (secondary N) is 1. The number of hydrazine groups is 1. The molecular weight excluding hydrogens is 248 g/mol. The van der Waals surface area contributed by atoms with E-state index < -0.39 is 0 Å². The molecule has 1 atom stereocenters. The first-order chi connectivity index (χ1) is 9.50. The molecule has 2 rings (SSSR count). The lowest BCUT2D eigenvalue weighted by Gasteiger charge is -2.20. The van der Waals surface area contributed by atoms with Gasteiger partial charge in [-0.25, -0.2) is 15.4 Å². The van der Waals surface area contributed by atoms with Crippen LogP contribution < -0.4 is 11.3 Å². The minimum absolute atomic E-state index is 0.0725. The average molecular weight is 270 g/mol. The zero-order valence-electron chi connectivity index (χ0n) is 12.3. The average Bonchev–Trinajstić information content (AvgIpc) is 2.45. The number of benzene rings is 1. The molecule has 1 heterocycles. The fraction of sp³-hybridized carbons (Fsp3) is 0.375. The fourth-order valence-corrected chi connectivity index (χ4v) is 2.09. The summed E-state index contributed by atoms with van der Waals surface area (Å²) < 4.78 is 0. The van der Waals surface area contributed by atoms with Crippen LogP contribution in [0, 0.1) is 0 Å². The van der Waals surface area contributed by atoms with Crippen LogP contribution in [0.15, 0.2) is 42.7 Å². The Balaban J connectivity index is 2.13. The molecule has 4 heteroatoms. The molecule has 1 unspecified atom stereocenters. The van der Waals surface area contributed by atoms with Crippen molar-refractivity contribution < 1.29 is 0 Å². The quantitative estimate of drug-likeness (QED) is 0.662. The number of hydrogen-bond donors (Lipinski definition) is 2. The molecule has 0 aliphatic carbocycles. The van der Waals surface area contributed by atoms with Crippen molar-refractivity contribution in [2.75, 3.05) is 0 Å². The summed E-state index contributed by atoms with van der Waals surface area (Å²) in [5.41, 5.74) is 5.50. The minimum atomic E-state index is -0.0725. The summed E-state index contributed by atoms with van der Waals surface area (Å²) in [6, 6.07) is 10.4. The highest BCUT2D eigenvalue weighted by atomic mass is 15.2. The standard InChI is InChI=1S/C16H22N4/c1-16(2,3)13-7-5-12(6-8-13)11-14(20-17)15-18-9-4-10-19-15/h4-10,14,20H,11,17H2,1-3H3. The second kappa shape index (κ2) is 6.11. The number of hydrogen-bond acceptors (Lipinski definition) is 4. The van der Waals surface area contributed by atoms with Crippen molar-refractivity contribution >= 4 is 0 Å². The summed E-state index contributed by atoms with van der Waals surface area (Å²) in [7, 11) is 0. The van der Waals surface area contributed by atoms with Crippen LogP contribution in [-0.2, 0) is 11.8 Å². The molecule has 0 fully saturated rings. The molecular formula is C16H22N4. The van der Waals surface area contributed by atoms with E-state index in [-0.39, 0.29) is 11.5 Å². The topological polar surface area (TPSA) is 63.8 Å². The van der Waals surface area contributed by atoms with Gasteiger partial charge >= 0.3 is 0 Å². The van der Waals surface area contributed by atoms with Crippen molar-refractivity contribution in [2.45, 2.75) is 38.6 Å². The molecule has 106 valence electrons. The van der Waals surface area contributed by atoms with Gasteiger partial charge < -0.3 is 0 Å². The number of nitrogens with two attached hydrogens (primary N) is 1. The van der Waals surface area contributed by atoms with E-state index in [1.54, 1.807) is 18.5 Å². The SMILES string of the molecule is CC(C)(C)c1ccc(CC(NN)c2ncccn2)cc1. The van der Waals surface area contributed by atoms with Crippen molar-refractivity contribution in [1.29, 1.82) is 0 Å². The van der Waals surface area contributed by atoms with E-state index in [2.05, 4.69) is 60.4 Å². The Bertz CT molecular complexity index is 529. The Labute approximate surface area is 120 Å². The first-order valence-electron chi connectivity index (χ1n) is 6.83. The van der Waals surface area contributed by atoms with E-state index in [9.17, 15) is 0 Å². The second-order valence-corrected chi connectivity index (χ2v) is 5.98. The lowest BCUT2D eigenvalue weighted by Crippen LogP contribution is -2.31. The molecule has 0 bridgehead atoms. The molecule has 4 nitrogen and oxygen atoms in total. The maximum absolute atomic E-state index is 5.62. The van der Waals surface area contributed by atoms with Gasteiger partial charge in [0.1, 0.15) is 5.82 Å². The summed E-state index contributed by atoms with van der Waals surface area (Å²) in [5, 5.41) is 0. The van der Waals surface area contributed by atoms with E-state index in [0.717, 1.165) is 12.2 Å². The van der Waals surface area contributed by atoms with Gasteiger partial charge in [0.05, 0.1) is 6.04 Å². The van der Waals surface area contributed by atoms with Crippen molar-refractivity contribution in [3.05, 3.63) is 59.7 Å². The Morgan fingerprint density at radius 1 is 1.10 bits per heavy atom. The normalized spacial score (nSPS) is 13.2. The van der Waals surface area contributed by atoms with E-state index in [4.69, 9.17) is 5.84 Å². The van der Waals surface area contributed by atoms with Crippen LogP contribution >= 0.6 is 0 Å². The van der Waals surface area contributed by atoms with Gasteiger partial charge in [0.2, 0.25) is 0 Å². The number of aromatic nitrogens is 2. The van der Waals surface area contributed by atoms with Crippen LogP contribution in [0.4, 0.5) is 0 Å². The van der Waals surface area contributed by atoms with Gasteiger partial charge in [0.25, 0.3) is 0 Å². The second-order valence-electron chi connectivity index (χ2n) is 5.98. The zero-order valence-corrected chi connectivity index (χ0v) is 12.3.